The Morgan fingerprint density at radius 3 is 2.64 bits per heavy atom. The summed E-state index contributed by atoms with van der Waals surface area (Å²) in [6.45, 7) is 1.81. The van der Waals surface area contributed by atoms with Gasteiger partial charge in [0, 0.05) is 0 Å². The van der Waals surface area contributed by atoms with Gasteiger partial charge >= 0.3 is 5.97 Å². The summed E-state index contributed by atoms with van der Waals surface area (Å²) in [4.78, 5) is 15.5. The number of hydrogen-bond acceptors (Lipinski definition) is 5. The number of hydrogen-bond donors (Lipinski definition) is 1. The number of carbonyl (C=O) groups excluding carboxylic acids is 1. The molecule has 0 aliphatic carbocycles. The van der Waals surface area contributed by atoms with Gasteiger partial charge in [-0.05, 0) is 36.8 Å². The van der Waals surface area contributed by atoms with Crippen molar-refractivity contribution in [1.29, 1.82) is 0 Å². The lowest BCUT2D eigenvalue weighted by molar-refractivity contribution is -0.139. The summed E-state index contributed by atoms with van der Waals surface area (Å²) in [5.41, 5.74) is 1.27. The summed E-state index contributed by atoms with van der Waals surface area (Å²) in [5, 5.41) is 0. The molecule has 0 atom stereocenters. The summed E-state index contributed by atoms with van der Waals surface area (Å²) < 4.78 is 31.6. The van der Waals surface area contributed by atoms with Gasteiger partial charge in [0.1, 0.15) is 5.82 Å². The summed E-state index contributed by atoms with van der Waals surface area (Å²) in [6, 6.07) is 11.3. The summed E-state index contributed by atoms with van der Waals surface area (Å²) in [6.07, 6.45) is -0.0173. The second-order valence-electron chi connectivity index (χ2n) is 4.69. The number of aryl methyl sites for hydroxylation is 1. The molecular formula is C15H16N2O4S. The standard InChI is InChI=1S/C15H16N2O4S/c1-11-5-3-7-13(9-11)22(19,20)17-14-8-4-6-12(16-14)10-15(18)21-2/h3-9H,10H2,1-2H3,(H,16,17). The van der Waals surface area contributed by atoms with E-state index in [0.29, 0.717) is 5.69 Å². The van der Waals surface area contributed by atoms with Gasteiger partial charge < -0.3 is 4.74 Å². The molecule has 22 heavy (non-hydrogen) atoms. The number of nitrogens with zero attached hydrogens (tertiary/aromatic N) is 1. The largest absolute Gasteiger partial charge is 0.469 e. The number of nitrogens with one attached hydrogen (secondary N) is 1. The Bertz CT molecular complexity index is 788. The highest BCUT2D eigenvalue weighted by Gasteiger charge is 2.15. The van der Waals surface area contributed by atoms with Gasteiger partial charge in [0.05, 0.1) is 24.1 Å². The predicted molar refractivity (Wildman–Crippen MR) is 81.9 cm³/mol. The Morgan fingerprint density at radius 1 is 1.23 bits per heavy atom. The average Bonchev–Trinajstić information content (AvgIpc) is 2.47. The van der Waals surface area contributed by atoms with Gasteiger partial charge in [-0.3, -0.25) is 9.52 Å². The fourth-order valence-corrected chi connectivity index (χ4v) is 2.94. The molecule has 1 heterocycles. The van der Waals surface area contributed by atoms with Crippen molar-refractivity contribution in [1.82, 2.24) is 4.98 Å². The predicted octanol–water partition coefficient (Wildman–Crippen LogP) is 1.91. The van der Waals surface area contributed by atoms with E-state index in [9.17, 15) is 13.2 Å². The molecule has 0 unspecified atom stereocenters. The van der Waals surface area contributed by atoms with Gasteiger partial charge in [-0.2, -0.15) is 0 Å². The van der Waals surface area contributed by atoms with Gasteiger partial charge in [0.15, 0.2) is 0 Å². The number of sulfonamides is 1. The number of carbonyl (C=O) groups is 1. The molecule has 116 valence electrons. The van der Waals surface area contributed by atoms with Crippen molar-refractivity contribution in [2.24, 2.45) is 0 Å². The number of ether oxygens (including phenoxy) is 1. The van der Waals surface area contributed by atoms with Crippen LogP contribution in [0.1, 0.15) is 11.3 Å². The van der Waals surface area contributed by atoms with Gasteiger partial charge in [-0.25, -0.2) is 13.4 Å². The van der Waals surface area contributed by atoms with Crippen LogP contribution in [-0.2, 0) is 26.0 Å². The Hall–Kier alpha value is -2.41. The molecule has 0 bridgehead atoms. The monoisotopic (exact) mass is 320 g/mol. The lowest BCUT2D eigenvalue weighted by atomic mass is 10.2. The van der Waals surface area contributed by atoms with Crippen LogP contribution in [0.15, 0.2) is 47.4 Å². The Labute approximate surface area is 129 Å². The van der Waals surface area contributed by atoms with Crippen molar-refractivity contribution in [3.8, 4) is 0 Å². The molecule has 0 saturated heterocycles. The van der Waals surface area contributed by atoms with Crippen LogP contribution in [0.25, 0.3) is 0 Å². The van der Waals surface area contributed by atoms with Crippen molar-refractivity contribution in [3.05, 3.63) is 53.7 Å². The first kappa shape index (κ1) is 16.0. The van der Waals surface area contributed by atoms with Crippen molar-refractivity contribution in [2.75, 3.05) is 11.8 Å². The van der Waals surface area contributed by atoms with Crippen LogP contribution in [0.4, 0.5) is 5.82 Å². The Morgan fingerprint density at radius 2 is 1.95 bits per heavy atom. The number of pyridine rings is 1. The number of rotatable bonds is 5. The van der Waals surface area contributed by atoms with E-state index in [4.69, 9.17) is 0 Å². The van der Waals surface area contributed by atoms with E-state index in [-0.39, 0.29) is 17.1 Å². The minimum Gasteiger partial charge on any atom is -0.469 e. The molecule has 2 aromatic rings. The number of benzene rings is 1. The normalized spacial score (nSPS) is 11.0. The molecule has 0 saturated carbocycles. The Balaban J connectivity index is 2.23. The van der Waals surface area contributed by atoms with Crippen molar-refractivity contribution in [2.45, 2.75) is 18.2 Å². The van der Waals surface area contributed by atoms with E-state index in [1.165, 1.54) is 19.2 Å². The zero-order chi connectivity index (χ0) is 16.2. The smallest absolute Gasteiger partial charge is 0.311 e. The highest BCUT2D eigenvalue weighted by Crippen LogP contribution is 2.16. The summed E-state index contributed by atoms with van der Waals surface area (Å²) in [5.74, 6) is -0.283. The van der Waals surface area contributed by atoms with Gasteiger partial charge in [-0.15, -0.1) is 0 Å². The fourth-order valence-electron chi connectivity index (χ4n) is 1.83. The molecule has 0 aliphatic rings. The first-order valence-corrected chi connectivity index (χ1v) is 8.01. The lowest BCUT2D eigenvalue weighted by Gasteiger charge is -2.09. The molecule has 0 aliphatic heterocycles. The van der Waals surface area contributed by atoms with Gasteiger partial charge in [-0.1, -0.05) is 18.2 Å². The Kier molecular flexibility index (Phi) is 4.77. The molecule has 0 fully saturated rings. The maximum absolute atomic E-state index is 12.3. The zero-order valence-electron chi connectivity index (χ0n) is 12.2. The van der Waals surface area contributed by atoms with Crippen molar-refractivity contribution < 1.29 is 17.9 Å². The first-order chi connectivity index (χ1) is 10.4. The molecule has 1 aromatic carbocycles. The van der Waals surface area contributed by atoms with E-state index in [1.54, 1.807) is 24.3 Å². The molecule has 0 radical (unpaired) electrons. The number of anilines is 1. The molecule has 0 amide bonds. The average molecular weight is 320 g/mol. The van der Waals surface area contributed by atoms with Crippen LogP contribution < -0.4 is 4.72 Å². The summed E-state index contributed by atoms with van der Waals surface area (Å²) in [7, 11) is -2.43. The van der Waals surface area contributed by atoms with Crippen LogP contribution in [-0.4, -0.2) is 26.5 Å². The second-order valence-corrected chi connectivity index (χ2v) is 6.37. The summed E-state index contributed by atoms with van der Waals surface area (Å²) >= 11 is 0. The topological polar surface area (TPSA) is 85.4 Å². The maximum atomic E-state index is 12.3. The minimum atomic E-state index is -3.72. The van der Waals surface area contributed by atoms with E-state index < -0.39 is 16.0 Å². The molecule has 0 spiro atoms. The van der Waals surface area contributed by atoms with Crippen LogP contribution >= 0.6 is 0 Å². The third-order valence-corrected chi connectivity index (χ3v) is 4.25. The second kappa shape index (κ2) is 6.57. The van der Waals surface area contributed by atoms with Crippen LogP contribution in [0.2, 0.25) is 0 Å². The third kappa shape index (κ3) is 4.05. The number of esters is 1. The van der Waals surface area contributed by atoms with Gasteiger partial charge in [0.25, 0.3) is 10.0 Å². The van der Waals surface area contributed by atoms with E-state index in [0.717, 1.165) is 5.56 Å². The quantitative estimate of drug-likeness (QED) is 0.851. The molecule has 7 heteroatoms. The molecule has 1 N–H and O–H groups in total. The minimum absolute atomic E-state index is 0.0173. The number of methoxy groups -OCH3 is 1. The van der Waals surface area contributed by atoms with Crippen molar-refractivity contribution >= 4 is 21.8 Å². The molecule has 2 rings (SSSR count). The SMILES string of the molecule is COC(=O)Cc1cccc(NS(=O)(=O)c2cccc(C)c2)n1. The zero-order valence-corrected chi connectivity index (χ0v) is 13.1. The van der Waals surface area contributed by atoms with Crippen molar-refractivity contribution in [3.63, 3.8) is 0 Å². The molecule has 1 aromatic heterocycles. The molecular weight excluding hydrogens is 304 g/mol. The highest BCUT2D eigenvalue weighted by atomic mass is 32.2. The third-order valence-electron chi connectivity index (χ3n) is 2.90. The van der Waals surface area contributed by atoms with Crippen LogP contribution in [0.5, 0.6) is 0 Å². The lowest BCUT2D eigenvalue weighted by Crippen LogP contribution is -2.15. The van der Waals surface area contributed by atoms with E-state index >= 15 is 0 Å². The highest BCUT2D eigenvalue weighted by molar-refractivity contribution is 7.92. The van der Waals surface area contributed by atoms with Gasteiger partial charge in [0.2, 0.25) is 0 Å². The van der Waals surface area contributed by atoms with Crippen LogP contribution in [0, 0.1) is 6.92 Å². The van der Waals surface area contributed by atoms with E-state index in [2.05, 4.69) is 14.4 Å². The van der Waals surface area contributed by atoms with Crippen LogP contribution in [0.3, 0.4) is 0 Å². The first-order valence-electron chi connectivity index (χ1n) is 6.53. The molecule has 6 nitrogen and oxygen atoms in total. The maximum Gasteiger partial charge on any atom is 0.311 e. The number of aromatic nitrogens is 1. The fraction of sp³-hybridized carbons (Fsp3) is 0.200. The van der Waals surface area contributed by atoms with E-state index in [1.807, 2.05) is 13.0 Å².